The molecule has 0 radical (unpaired) electrons. The molecule has 3 fully saturated rings. The summed E-state index contributed by atoms with van der Waals surface area (Å²) in [5.74, 6) is 1.86. The molecule has 2 heteroatoms. The van der Waals surface area contributed by atoms with Crippen LogP contribution in [-0.2, 0) is 0 Å². The van der Waals surface area contributed by atoms with Crippen molar-refractivity contribution in [3.8, 4) is 0 Å². The van der Waals surface area contributed by atoms with Crippen LogP contribution >= 0.6 is 0 Å². The summed E-state index contributed by atoms with van der Waals surface area (Å²) in [5, 5.41) is 3.67. The van der Waals surface area contributed by atoms with Crippen LogP contribution in [0.15, 0.2) is 0 Å². The van der Waals surface area contributed by atoms with Gasteiger partial charge in [0.15, 0.2) is 0 Å². The second kappa shape index (κ2) is 6.36. The third kappa shape index (κ3) is 3.22. The maximum atomic E-state index is 3.67. The zero-order valence-corrected chi connectivity index (χ0v) is 13.7. The lowest BCUT2D eigenvalue weighted by Crippen LogP contribution is -2.54. The van der Waals surface area contributed by atoms with Gasteiger partial charge in [0.1, 0.15) is 0 Å². The minimum Gasteiger partial charge on any atom is -0.316 e. The highest BCUT2D eigenvalue weighted by Crippen LogP contribution is 2.40. The molecule has 0 aromatic rings. The lowest BCUT2D eigenvalue weighted by Gasteiger charge is -2.49. The van der Waals surface area contributed by atoms with Gasteiger partial charge in [-0.15, -0.1) is 0 Å². The normalized spacial score (nSPS) is 40.4. The molecule has 1 aliphatic carbocycles. The summed E-state index contributed by atoms with van der Waals surface area (Å²) in [4.78, 5) is 2.89. The standard InChI is InChI=1S/C18H34N2/c1-15(2)16-6-3-7-17(12-16)20-11-5-9-18(14-20)8-4-10-19-13-18/h15-17,19H,3-14H2,1-2H3. The average Bonchev–Trinajstić information content (AvgIpc) is 2.48. The second-order valence-electron chi connectivity index (χ2n) is 8.18. The Hall–Kier alpha value is -0.0800. The molecule has 1 spiro atoms. The highest BCUT2D eigenvalue weighted by Gasteiger charge is 2.39. The van der Waals surface area contributed by atoms with E-state index in [2.05, 4.69) is 24.1 Å². The van der Waals surface area contributed by atoms with Crippen molar-refractivity contribution in [1.82, 2.24) is 10.2 Å². The molecule has 116 valence electrons. The lowest BCUT2D eigenvalue weighted by molar-refractivity contribution is 0.0152. The first-order valence-corrected chi connectivity index (χ1v) is 9.13. The van der Waals surface area contributed by atoms with Crippen LogP contribution in [0.5, 0.6) is 0 Å². The van der Waals surface area contributed by atoms with Crippen LogP contribution in [0.4, 0.5) is 0 Å². The smallest absolute Gasteiger partial charge is 0.00982 e. The van der Waals surface area contributed by atoms with E-state index in [1.54, 1.807) is 0 Å². The van der Waals surface area contributed by atoms with Crippen molar-refractivity contribution in [2.75, 3.05) is 26.2 Å². The van der Waals surface area contributed by atoms with Gasteiger partial charge in [-0.1, -0.05) is 26.7 Å². The minimum atomic E-state index is 0.626. The van der Waals surface area contributed by atoms with Gasteiger partial charge in [0, 0.05) is 19.1 Å². The predicted molar refractivity (Wildman–Crippen MR) is 85.9 cm³/mol. The zero-order valence-electron chi connectivity index (χ0n) is 13.7. The van der Waals surface area contributed by atoms with Gasteiger partial charge in [-0.3, -0.25) is 4.90 Å². The van der Waals surface area contributed by atoms with Gasteiger partial charge < -0.3 is 5.32 Å². The Morgan fingerprint density at radius 3 is 2.70 bits per heavy atom. The number of nitrogens with zero attached hydrogens (tertiary/aromatic N) is 1. The molecule has 3 atom stereocenters. The molecule has 1 N–H and O–H groups in total. The number of rotatable bonds is 2. The number of nitrogens with one attached hydrogen (secondary N) is 1. The molecule has 1 saturated carbocycles. The summed E-state index contributed by atoms with van der Waals surface area (Å²) in [5.41, 5.74) is 0.626. The van der Waals surface area contributed by atoms with E-state index < -0.39 is 0 Å². The largest absolute Gasteiger partial charge is 0.316 e. The molecular formula is C18H34N2. The fourth-order valence-electron chi connectivity index (χ4n) is 5.07. The lowest BCUT2D eigenvalue weighted by atomic mass is 9.72. The van der Waals surface area contributed by atoms with E-state index in [-0.39, 0.29) is 0 Å². The van der Waals surface area contributed by atoms with Gasteiger partial charge in [0.2, 0.25) is 0 Å². The quantitative estimate of drug-likeness (QED) is 0.829. The molecule has 0 amide bonds. The third-order valence-electron chi connectivity index (χ3n) is 6.40. The summed E-state index contributed by atoms with van der Waals surface area (Å²) in [7, 11) is 0. The molecule has 2 heterocycles. The Balaban J connectivity index is 1.61. The molecule has 3 unspecified atom stereocenters. The first-order chi connectivity index (χ1) is 9.69. The third-order valence-corrected chi connectivity index (χ3v) is 6.40. The van der Waals surface area contributed by atoms with Crippen molar-refractivity contribution < 1.29 is 0 Å². The SMILES string of the molecule is CC(C)C1CCCC(N2CCCC3(CCCNC3)C2)C1. The van der Waals surface area contributed by atoms with Gasteiger partial charge in [0.25, 0.3) is 0 Å². The van der Waals surface area contributed by atoms with Gasteiger partial charge >= 0.3 is 0 Å². The van der Waals surface area contributed by atoms with Crippen LogP contribution in [0.3, 0.4) is 0 Å². The highest BCUT2D eigenvalue weighted by molar-refractivity contribution is 4.94. The van der Waals surface area contributed by atoms with E-state index in [1.807, 2.05) is 0 Å². The number of hydrogen-bond acceptors (Lipinski definition) is 2. The van der Waals surface area contributed by atoms with E-state index in [9.17, 15) is 0 Å². The Labute approximate surface area is 125 Å². The van der Waals surface area contributed by atoms with Crippen molar-refractivity contribution >= 4 is 0 Å². The maximum absolute atomic E-state index is 3.67. The molecular weight excluding hydrogens is 244 g/mol. The molecule has 2 saturated heterocycles. The number of piperidine rings is 2. The van der Waals surface area contributed by atoms with E-state index in [0.29, 0.717) is 5.41 Å². The molecule has 2 aliphatic heterocycles. The second-order valence-corrected chi connectivity index (χ2v) is 8.18. The summed E-state index contributed by atoms with van der Waals surface area (Å²) >= 11 is 0. The summed E-state index contributed by atoms with van der Waals surface area (Å²) in [6.45, 7) is 10.1. The molecule has 0 aromatic carbocycles. The van der Waals surface area contributed by atoms with Gasteiger partial charge in [-0.2, -0.15) is 0 Å². The van der Waals surface area contributed by atoms with Crippen molar-refractivity contribution in [2.45, 2.75) is 71.3 Å². The fourth-order valence-corrected chi connectivity index (χ4v) is 5.07. The predicted octanol–water partition coefficient (Wildman–Crippen LogP) is 3.67. The molecule has 20 heavy (non-hydrogen) atoms. The molecule has 3 aliphatic rings. The Morgan fingerprint density at radius 2 is 1.95 bits per heavy atom. The van der Waals surface area contributed by atoms with Crippen LogP contribution in [0.2, 0.25) is 0 Å². The van der Waals surface area contributed by atoms with Crippen LogP contribution in [0, 0.1) is 17.3 Å². The fraction of sp³-hybridized carbons (Fsp3) is 1.00. The Morgan fingerprint density at radius 1 is 1.10 bits per heavy atom. The van der Waals surface area contributed by atoms with E-state index in [0.717, 1.165) is 17.9 Å². The zero-order chi connectivity index (χ0) is 14.0. The van der Waals surface area contributed by atoms with Crippen molar-refractivity contribution in [3.05, 3.63) is 0 Å². The Kier molecular flexibility index (Phi) is 4.72. The first-order valence-electron chi connectivity index (χ1n) is 9.13. The van der Waals surface area contributed by atoms with Gasteiger partial charge in [-0.25, -0.2) is 0 Å². The maximum Gasteiger partial charge on any atom is 0.00982 e. The van der Waals surface area contributed by atoms with Crippen LogP contribution in [0.25, 0.3) is 0 Å². The van der Waals surface area contributed by atoms with Crippen LogP contribution in [-0.4, -0.2) is 37.1 Å². The van der Waals surface area contributed by atoms with E-state index in [1.165, 1.54) is 77.5 Å². The van der Waals surface area contributed by atoms with Crippen molar-refractivity contribution in [2.24, 2.45) is 17.3 Å². The molecule has 0 bridgehead atoms. The van der Waals surface area contributed by atoms with Crippen molar-refractivity contribution in [1.29, 1.82) is 0 Å². The Bertz CT molecular complexity index is 301. The molecule has 0 aromatic heterocycles. The van der Waals surface area contributed by atoms with Crippen LogP contribution < -0.4 is 5.32 Å². The number of hydrogen-bond donors (Lipinski definition) is 1. The average molecular weight is 278 g/mol. The van der Waals surface area contributed by atoms with Crippen molar-refractivity contribution in [3.63, 3.8) is 0 Å². The monoisotopic (exact) mass is 278 g/mol. The summed E-state index contributed by atoms with van der Waals surface area (Å²) in [6, 6.07) is 0.898. The molecule has 3 rings (SSSR count). The topological polar surface area (TPSA) is 15.3 Å². The van der Waals surface area contributed by atoms with Crippen LogP contribution in [0.1, 0.15) is 65.2 Å². The van der Waals surface area contributed by atoms with Gasteiger partial charge in [0.05, 0.1) is 0 Å². The molecule has 2 nitrogen and oxygen atoms in total. The van der Waals surface area contributed by atoms with Gasteiger partial charge in [-0.05, 0) is 68.9 Å². The highest BCUT2D eigenvalue weighted by atomic mass is 15.2. The summed E-state index contributed by atoms with van der Waals surface area (Å²) in [6.07, 6.45) is 11.7. The first kappa shape index (κ1) is 14.8. The van der Waals surface area contributed by atoms with E-state index >= 15 is 0 Å². The summed E-state index contributed by atoms with van der Waals surface area (Å²) < 4.78 is 0. The van der Waals surface area contributed by atoms with E-state index in [4.69, 9.17) is 0 Å². The minimum absolute atomic E-state index is 0.626. The number of likely N-dealkylation sites (tertiary alicyclic amines) is 1.